The molecule has 0 aliphatic heterocycles. The van der Waals surface area contributed by atoms with E-state index < -0.39 is 0 Å². The lowest BCUT2D eigenvalue weighted by Crippen LogP contribution is -2.02. The minimum Gasteiger partial charge on any atom is -0.304 e. The van der Waals surface area contributed by atoms with E-state index in [1.54, 1.807) is 11.3 Å². The molecular formula is C6H8ClNOS. The van der Waals surface area contributed by atoms with Gasteiger partial charge in [0, 0.05) is 11.3 Å². The van der Waals surface area contributed by atoms with E-state index in [-0.39, 0.29) is 0 Å². The summed E-state index contributed by atoms with van der Waals surface area (Å²) < 4.78 is 0.812. The zero-order chi connectivity index (χ0) is 7.40. The Morgan fingerprint density at radius 3 is 2.90 bits per heavy atom. The van der Waals surface area contributed by atoms with Gasteiger partial charge in [0.1, 0.15) is 0 Å². The van der Waals surface area contributed by atoms with Crippen LogP contribution in [-0.4, -0.2) is 6.61 Å². The van der Waals surface area contributed by atoms with Crippen molar-refractivity contribution in [3.63, 3.8) is 0 Å². The van der Waals surface area contributed by atoms with Gasteiger partial charge < -0.3 is 4.84 Å². The van der Waals surface area contributed by atoms with Crippen molar-refractivity contribution in [2.24, 2.45) is 5.90 Å². The second-order valence-electron chi connectivity index (χ2n) is 1.83. The highest BCUT2D eigenvalue weighted by Crippen LogP contribution is 2.21. The summed E-state index contributed by atoms with van der Waals surface area (Å²) in [6.45, 7) is 0.552. The molecule has 4 heteroatoms. The molecule has 0 saturated heterocycles. The minimum absolute atomic E-state index is 0.552. The molecule has 0 aliphatic carbocycles. The number of hydrogen-bond acceptors (Lipinski definition) is 3. The Balaban J connectivity index is 2.42. The first-order chi connectivity index (χ1) is 4.83. The van der Waals surface area contributed by atoms with Gasteiger partial charge in [-0.05, 0) is 12.1 Å². The fraction of sp³-hybridized carbons (Fsp3) is 0.333. The Hall–Kier alpha value is -0.0900. The van der Waals surface area contributed by atoms with E-state index in [0.717, 1.165) is 10.8 Å². The number of hydrogen-bond donors (Lipinski definition) is 1. The van der Waals surface area contributed by atoms with Crippen LogP contribution < -0.4 is 5.90 Å². The zero-order valence-corrected chi connectivity index (χ0v) is 6.91. The third-order valence-electron chi connectivity index (χ3n) is 1.10. The van der Waals surface area contributed by atoms with E-state index in [9.17, 15) is 0 Å². The molecule has 0 aromatic carbocycles. The van der Waals surface area contributed by atoms with Crippen molar-refractivity contribution in [3.8, 4) is 0 Å². The van der Waals surface area contributed by atoms with E-state index in [1.165, 1.54) is 4.88 Å². The van der Waals surface area contributed by atoms with Crippen LogP contribution >= 0.6 is 22.9 Å². The Morgan fingerprint density at radius 2 is 2.40 bits per heavy atom. The molecule has 0 atom stereocenters. The molecule has 1 heterocycles. The van der Waals surface area contributed by atoms with E-state index in [4.69, 9.17) is 17.5 Å². The SMILES string of the molecule is NOCCc1ccc(Cl)s1. The van der Waals surface area contributed by atoms with Gasteiger partial charge in [-0.25, -0.2) is 5.90 Å². The quantitative estimate of drug-likeness (QED) is 0.716. The summed E-state index contributed by atoms with van der Waals surface area (Å²) in [6, 6.07) is 3.85. The van der Waals surface area contributed by atoms with Gasteiger partial charge in [-0.2, -0.15) is 0 Å². The molecule has 1 aromatic heterocycles. The number of thiophene rings is 1. The molecule has 56 valence electrons. The van der Waals surface area contributed by atoms with Gasteiger partial charge in [-0.1, -0.05) is 11.6 Å². The highest BCUT2D eigenvalue weighted by Gasteiger charge is 1.95. The van der Waals surface area contributed by atoms with Crippen LogP contribution in [0.4, 0.5) is 0 Å². The summed E-state index contributed by atoms with van der Waals surface area (Å²) in [7, 11) is 0. The first-order valence-corrected chi connectivity index (χ1v) is 4.08. The maximum atomic E-state index is 5.69. The average Bonchev–Trinajstić information content (AvgIpc) is 2.31. The van der Waals surface area contributed by atoms with Crippen LogP contribution in [0.5, 0.6) is 0 Å². The fourth-order valence-electron chi connectivity index (χ4n) is 0.646. The van der Waals surface area contributed by atoms with Crippen LogP contribution in [0.1, 0.15) is 4.88 Å². The summed E-state index contributed by atoms with van der Waals surface area (Å²) in [5.41, 5.74) is 0. The first kappa shape index (κ1) is 8.01. The number of nitrogens with two attached hydrogens (primary N) is 1. The number of halogens is 1. The molecule has 10 heavy (non-hydrogen) atoms. The minimum atomic E-state index is 0.552. The van der Waals surface area contributed by atoms with Gasteiger partial charge in [-0.3, -0.25) is 0 Å². The molecule has 2 N–H and O–H groups in total. The maximum absolute atomic E-state index is 5.69. The lowest BCUT2D eigenvalue weighted by atomic mass is 10.4. The molecular weight excluding hydrogens is 170 g/mol. The van der Waals surface area contributed by atoms with Crippen molar-refractivity contribution in [1.82, 2.24) is 0 Å². The van der Waals surface area contributed by atoms with Gasteiger partial charge in [0.25, 0.3) is 0 Å². The third kappa shape index (κ3) is 2.27. The Labute approximate surface area is 68.5 Å². The van der Waals surface area contributed by atoms with Crippen LogP contribution in [-0.2, 0) is 11.3 Å². The smallest absolute Gasteiger partial charge is 0.0931 e. The molecule has 0 fully saturated rings. The lowest BCUT2D eigenvalue weighted by molar-refractivity contribution is 0.142. The van der Waals surface area contributed by atoms with Gasteiger partial charge in [0.15, 0.2) is 0 Å². The molecule has 2 nitrogen and oxygen atoms in total. The summed E-state index contributed by atoms with van der Waals surface area (Å²) in [5, 5.41) is 0. The summed E-state index contributed by atoms with van der Waals surface area (Å²) >= 11 is 7.24. The zero-order valence-electron chi connectivity index (χ0n) is 5.34. The van der Waals surface area contributed by atoms with Crippen molar-refractivity contribution in [2.75, 3.05) is 6.61 Å². The molecule has 0 spiro atoms. The van der Waals surface area contributed by atoms with Crippen LogP contribution in [0.3, 0.4) is 0 Å². The second-order valence-corrected chi connectivity index (χ2v) is 3.63. The molecule has 0 unspecified atom stereocenters. The molecule has 1 rings (SSSR count). The van der Waals surface area contributed by atoms with Gasteiger partial charge in [0.2, 0.25) is 0 Å². The maximum Gasteiger partial charge on any atom is 0.0931 e. The van der Waals surface area contributed by atoms with Gasteiger partial charge in [-0.15, -0.1) is 11.3 Å². The lowest BCUT2D eigenvalue weighted by Gasteiger charge is -1.92. The molecule has 0 radical (unpaired) electrons. The van der Waals surface area contributed by atoms with Crippen LogP contribution in [0.2, 0.25) is 4.34 Å². The van der Waals surface area contributed by atoms with Gasteiger partial charge in [0.05, 0.1) is 10.9 Å². The number of rotatable bonds is 3. The first-order valence-electron chi connectivity index (χ1n) is 2.89. The van der Waals surface area contributed by atoms with Crippen molar-refractivity contribution in [1.29, 1.82) is 0 Å². The summed E-state index contributed by atoms with van der Waals surface area (Å²) in [4.78, 5) is 5.62. The standard InChI is InChI=1S/C6H8ClNOS/c7-6-2-1-5(10-6)3-4-9-8/h1-2H,3-4,8H2. The van der Waals surface area contributed by atoms with E-state index >= 15 is 0 Å². The Morgan fingerprint density at radius 1 is 1.60 bits per heavy atom. The normalized spacial score (nSPS) is 10.2. The Bertz CT molecular complexity index is 201. The largest absolute Gasteiger partial charge is 0.304 e. The summed E-state index contributed by atoms with van der Waals surface area (Å²) in [5.74, 6) is 4.85. The highest BCUT2D eigenvalue weighted by atomic mass is 35.5. The van der Waals surface area contributed by atoms with Crippen molar-refractivity contribution in [3.05, 3.63) is 21.3 Å². The molecule has 0 bridgehead atoms. The third-order valence-corrected chi connectivity index (χ3v) is 2.39. The molecule has 0 saturated carbocycles. The topological polar surface area (TPSA) is 35.2 Å². The second kappa shape index (κ2) is 3.93. The van der Waals surface area contributed by atoms with Crippen molar-refractivity contribution >= 4 is 22.9 Å². The predicted molar refractivity (Wildman–Crippen MR) is 43.2 cm³/mol. The summed E-state index contributed by atoms with van der Waals surface area (Å²) in [6.07, 6.45) is 0.841. The van der Waals surface area contributed by atoms with Crippen LogP contribution in [0.25, 0.3) is 0 Å². The van der Waals surface area contributed by atoms with E-state index in [2.05, 4.69) is 4.84 Å². The van der Waals surface area contributed by atoms with Crippen molar-refractivity contribution in [2.45, 2.75) is 6.42 Å². The van der Waals surface area contributed by atoms with Crippen molar-refractivity contribution < 1.29 is 4.84 Å². The monoisotopic (exact) mass is 177 g/mol. The highest BCUT2D eigenvalue weighted by molar-refractivity contribution is 7.16. The Kier molecular flexibility index (Phi) is 3.15. The average molecular weight is 178 g/mol. The van der Waals surface area contributed by atoms with Gasteiger partial charge >= 0.3 is 0 Å². The predicted octanol–water partition coefficient (Wildman–Crippen LogP) is 1.83. The van der Waals surface area contributed by atoms with E-state index in [1.807, 2.05) is 12.1 Å². The van der Waals surface area contributed by atoms with Crippen LogP contribution in [0, 0.1) is 0 Å². The molecule has 0 amide bonds. The van der Waals surface area contributed by atoms with Crippen LogP contribution in [0.15, 0.2) is 12.1 Å². The molecule has 1 aromatic rings. The molecule has 0 aliphatic rings. The van der Waals surface area contributed by atoms with E-state index in [0.29, 0.717) is 6.61 Å². The fourth-order valence-corrected chi connectivity index (χ4v) is 1.71.